The van der Waals surface area contributed by atoms with Crippen molar-refractivity contribution in [1.82, 2.24) is 5.32 Å². The Morgan fingerprint density at radius 2 is 2.44 bits per heavy atom. The fourth-order valence-corrected chi connectivity index (χ4v) is 1.08. The highest BCUT2D eigenvalue weighted by molar-refractivity contribution is 14.1. The van der Waals surface area contributed by atoms with Crippen LogP contribution in [0.2, 0.25) is 0 Å². The van der Waals surface area contributed by atoms with Crippen molar-refractivity contribution in [3.05, 3.63) is 21.7 Å². The van der Waals surface area contributed by atoms with Crippen LogP contribution in [-0.2, 0) is 6.54 Å². The van der Waals surface area contributed by atoms with Gasteiger partial charge in [-0.15, -0.1) is 0 Å². The van der Waals surface area contributed by atoms with Crippen LogP contribution in [0.25, 0.3) is 0 Å². The SMILES string of the molecule is CNCc1ccc(I)o1. The van der Waals surface area contributed by atoms with Crippen molar-refractivity contribution in [3.63, 3.8) is 0 Å². The summed E-state index contributed by atoms with van der Waals surface area (Å²) in [4.78, 5) is 0. The van der Waals surface area contributed by atoms with E-state index >= 15 is 0 Å². The minimum Gasteiger partial charge on any atom is -0.454 e. The van der Waals surface area contributed by atoms with Crippen molar-refractivity contribution in [2.75, 3.05) is 7.05 Å². The van der Waals surface area contributed by atoms with E-state index in [1.54, 1.807) is 0 Å². The van der Waals surface area contributed by atoms with E-state index < -0.39 is 0 Å². The van der Waals surface area contributed by atoms with Gasteiger partial charge in [0.1, 0.15) is 5.76 Å². The molecule has 0 saturated carbocycles. The van der Waals surface area contributed by atoms with Gasteiger partial charge in [0.15, 0.2) is 3.77 Å². The van der Waals surface area contributed by atoms with E-state index in [1.165, 1.54) is 0 Å². The zero-order chi connectivity index (χ0) is 6.69. The van der Waals surface area contributed by atoms with E-state index in [9.17, 15) is 0 Å². The molecule has 1 heterocycles. The van der Waals surface area contributed by atoms with Crippen LogP contribution in [-0.4, -0.2) is 7.05 Å². The van der Waals surface area contributed by atoms with Crippen LogP contribution in [0, 0.1) is 3.77 Å². The second-order valence-corrected chi connectivity index (χ2v) is 2.80. The smallest absolute Gasteiger partial charge is 0.164 e. The van der Waals surface area contributed by atoms with Gasteiger partial charge >= 0.3 is 0 Å². The average molecular weight is 237 g/mol. The van der Waals surface area contributed by atoms with Gasteiger partial charge in [0.05, 0.1) is 6.54 Å². The van der Waals surface area contributed by atoms with Crippen LogP contribution in [0.3, 0.4) is 0 Å². The minimum atomic E-state index is 0.809. The molecule has 0 aliphatic rings. The molecule has 50 valence electrons. The third-order valence-electron chi connectivity index (χ3n) is 0.980. The molecule has 0 unspecified atom stereocenters. The Balaban J connectivity index is 2.61. The van der Waals surface area contributed by atoms with Gasteiger partial charge in [-0.05, 0) is 41.8 Å². The highest BCUT2D eigenvalue weighted by Crippen LogP contribution is 2.08. The maximum Gasteiger partial charge on any atom is 0.164 e. The van der Waals surface area contributed by atoms with E-state index in [0.29, 0.717) is 0 Å². The normalized spacial score (nSPS) is 10.0. The van der Waals surface area contributed by atoms with E-state index in [4.69, 9.17) is 4.42 Å². The van der Waals surface area contributed by atoms with Gasteiger partial charge in [0.2, 0.25) is 0 Å². The quantitative estimate of drug-likeness (QED) is 0.790. The summed E-state index contributed by atoms with van der Waals surface area (Å²) in [6.07, 6.45) is 0. The van der Waals surface area contributed by atoms with Crippen LogP contribution in [0.15, 0.2) is 16.5 Å². The van der Waals surface area contributed by atoms with Gasteiger partial charge < -0.3 is 9.73 Å². The van der Waals surface area contributed by atoms with Crippen molar-refractivity contribution in [3.8, 4) is 0 Å². The molecule has 0 aromatic carbocycles. The molecule has 0 spiro atoms. The van der Waals surface area contributed by atoms with Crippen LogP contribution in [0.5, 0.6) is 0 Å². The van der Waals surface area contributed by atoms with Gasteiger partial charge in [-0.1, -0.05) is 0 Å². The predicted octanol–water partition coefficient (Wildman–Crippen LogP) is 1.60. The molecule has 0 fully saturated rings. The molecular formula is C6H8INO. The summed E-state index contributed by atoms with van der Waals surface area (Å²) < 4.78 is 6.19. The highest BCUT2D eigenvalue weighted by atomic mass is 127. The van der Waals surface area contributed by atoms with Crippen LogP contribution < -0.4 is 5.32 Å². The maximum atomic E-state index is 5.25. The molecule has 0 bridgehead atoms. The molecule has 9 heavy (non-hydrogen) atoms. The zero-order valence-electron chi connectivity index (χ0n) is 5.15. The number of rotatable bonds is 2. The standard InChI is InChI=1S/C6H8INO/c1-8-4-5-2-3-6(7)9-5/h2-3,8H,4H2,1H3. The first-order valence-electron chi connectivity index (χ1n) is 2.72. The Morgan fingerprint density at radius 3 is 2.89 bits per heavy atom. The summed E-state index contributed by atoms with van der Waals surface area (Å²) in [6, 6.07) is 3.92. The van der Waals surface area contributed by atoms with Gasteiger partial charge in [-0.2, -0.15) is 0 Å². The molecule has 1 aromatic heterocycles. The van der Waals surface area contributed by atoms with Crippen LogP contribution >= 0.6 is 22.6 Å². The first-order chi connectivity index (χ1) is 4.33. The Morgan fingerprint density at radius 1 is 1.67 bits per heavy atom. The number of furan rings is 1. The van der Waals surface area contributed by atoms with E-state index in [0.717, 1.165) is 16.1 Å². The lowest BCUT2D eigenvalue weighted by Crippen LogP contribution is -2.03. The largest absolute Gasteiger partial charge is 0.454 e. The molecule has 1 aromatic rings. The summed E-state index contributed by atoms with van der Waals surface area (Å²) in [6.45, 7) is 0.809. The summed E-state index contributed by atoms with van der Waals surface area (Å²) in [5.41, 5.74) is 0. The topological polar surface area (TPSA) is 25.2 Å². The lowest BCUT2D eigenvalue weighted by molar-refractivity contribution is 0.473. The summed E-state index contributed by atoms with van der Waals surface area (Å²) in [5.74, 6) is 0.988. The fourth-order valence-electron chi connectivity index (χ4n) is 0.621. The predicted molar refractivity (Wildman–Crippen MR) is 44.2 cm³/mol. The van der Waals surface area contributed by atoms with Crippen molar-refractivity contribution in [2.24, 2.45) is 0 Å². The second kappa shape index (κ2) is 3.22. The highest BCUT2D eigenvalue weighted by Gasteiger charge is 1.94. The molecule has 1 N–H and O–H groups in total. The van der Waals surface area contributed by atoms with Gasteiger partial charge in [0, 0.05) is 0 Å². The van der Waals surface area contributed by atoms with Crippen LogP contribution in [0.4, 0.5) is 0 Å². The van der Waals surface area contributed by atoms with E-state index in [2.05, 4.69) is 27.9 Å². The van der Waals surface area contributed by atoms with Gasteiger partial charge in [-0.3, -0.25) is 0 Å². The molecule has 2 nitrogen and oxygen atoms in total. The average Bonchev–Trinajstić information content (AvgIpc) is 2.17. The molecule has 0 radical (unpaired) electrons. The maximum absolute atomic E-state index is 5.25. The number of halogens is 1. The Labute approximate surface area is 67.8 Å². The minimum absolute atomic E-state index is 0.809. The van der Waals surface area contributed by atoms with E-state index in [1.807, 2.05) is 19.2 Å². The molecule has 0 amide bonds. The van der Waals surface area contributed by atoms with Crippen molar-refractivity contribution < 1.29 is 4.42 Å². The zero-order valence-corrected chi connectivity index (χ0v) is 7.31. The number of hydrogen-bond donors (Lipinski definition) is 1. The van der Waals surface area contributed by atoms with Gasteiger partial charge in [-0.25, -0.2) is 0 Å². The Kier molecular flexibility index (Phi) is 2.53. The second-order valence-electron chi connectivity index (χ2n) is 1.74. The molecule has 3 heteroatoms. The summed E-state index contributed by atoms with van der Waals surface area (Å²) >= 11 is 2.15. The lowest BCUT2D eigenvalue weighted by Gasteiger charge is -1.90. The summed E-state index contributed by atoms with van der Waals surface area (Å²) in [5, 5.41) is 3.00. The Hall–Kier alpha value is -0.0300. The number of hydrogen-bond acceptors (Lipinski definition) is 2. The lowest BCUT2D eigenvalue weighted by atomic mass is 10.4. The first kappa shape index (κ1) is 7.08. The third-order valence-corrected chi connectivity index (χ3v) is 1.56. The Bertz CT molecular complexity index is 185. The monoisotopic (exact) mass is 237 g/mol. The molecular weight excluding hydrogens is 229 g/mol. The molecule has 0 atom stereocenters. The van der Waals surface area contributed by atoms with Crippen molar-refractivity contribution >= 4 is 22.6 Å². The van der Waals surface area contributed by atoms with E-state index in [-0.39, 0.29) is 0 Å². The van der Waals surface area contributed by atoms with Crippen LogP contribution in [0.1, 0.15) is 5.76 Å². The summed E-state index contributed by atoms with van der Waals surface area (Å²) in [7, 11) is 1.90. The fraction of sp³-hybridized carbons (Fsp3) is 0.333. The molecule has 1 rings (SSSR count). The molecule has 0 aliphatic heterocycles. The molecule has 0 saturated heterocycles. The van der Waals surface area contributed by atoms with Gasteiger partial charge in [0.25, 0.3) is 0 Å². The third kappa shape index (κ3) is 1.98. The number of nitrogens with one attached hydrogen (secondary N) is 1. The van der Waals surface area contributed by atoms with Crippen molar-refractivity contribution in [1.29, 1.82) is 0 Å². The first-order valence-corrected chi connectivity index (χ1v) is 3.79. The van der Waals surface area contributed by atoms with Crippen molar-refractivity contribution in [2.45, 2.75) is 6.54 Å². The molecule has 0 aliphatic carbocycles.